The van der Waals surface area contributed by atoms with Crippen LogP contribution < -0.4 is 0 Å². The minimum Gasteiger partial charge on any atom is -0.391 e. The highest BCUT2D eigenvalue weighted by Crippen LogP contribution is 2.41. The highest BCUT2D eigenvalue weighted by molar-refractivity contribution is 6.90. The van der Waals surface area contributed by atoms with Gasteiger partial charge >= 0.3 is 8.32 Å². The Morgan fingerprint density at radius 2 is 1.62 bits per heavy atom. The highest BCUT2D eigenvalue weighted by Gasteiger charge is 2.46. The van der Waals surface area contributed by atoms with Gasteiger partial charge in [0.1, 0.15) is 13.2 Å². The van der Waals surface area contributed by atoms with Crippen LogP contribution in [0.25, 0.3) is 0 Å². The lowest BCUT2D eigenvalue weighted by Crippen LogP contribution is -2.48. The van der Waals surface area contributed by atoms with E-state index in [1.54, 1.807) is 14.2 Å². The van der Waals surface area contributed by atoms with E-state index in [4.69, 9.17) is 13.9 Å². The Balaban J connectivity index is 3.16. The fourth-order valence-corrected chi connectivity index (χ4v) is 6.72. The molecule has 0 aromatic heterocycles. The first-order chi connectivity index (χ1) is 11.5. The highest BCUT2D eigenvalue weighted by atomic mass is 28.4. The van der Waals surface area contributed by atoms with Crippen LogP contribution in [0.15, 0.2) is 12.7 Å². The third-order valence-corrected chi connectivity index (χ3v) is 8.00. The van der Waals surface area contributed by atoms with Gasteiger partial charge in [0, 0.05) is 19.8 Å². The van der Waals surface area contributed by atoms with Gasteiger partial charge in [-0.25, -0.2) is 0 Å². The molecule has 0 aliphatic heterocycles. The van der Waals surface area contributed by atoms with Crippen molar-refractivity contribution < 1.29 is 13.9 Å². The number of ether oxygens (including phenoxy) is 2. The standard InChI is InChI=1S/C20H32O3Si/c1-6-7-14-20(2,3)23-24(17-10-15-21-4,18-11-16-22-5)19-12-8-9-13-19/h6,19H,1,7-9,12-16H2,2-5H3. The molecule has 0 aromatic rings. The monoisotopic (exact) mass is 348 g/mol. The lowest BCUT2D eigenvalue weighted by Gasteiger charge is -2.36. The van der Waals surface area contributed by atoms with E-state index in [9.17, 15) is 0 Å². The van der Waals surface area contributed by atoms with Crippen LogP contribution in [0.5, 0.6) is 0 Å². The van der Waals surface area contributed by atoms with Crippen molar-refractivity contribution in [3.8, 4) is 22.9 Å². The Hall–Kier alpha value is -1.04. The van der Waals surface area contributed by atoms with Crippen LogP contribution >= 0.6 is 0 Å². The molecule has 0 saturated heterocycles. The van der Waals surface area contributed by atoms with E-state index in [0.717, 1.165) is 25.7 Å². The zero-order valence-electron chi connectivity index (χ0n) is 15.7. The molecule has 0 unspecified atom stereocenters. The Kier molecular flexibility index (Phi) is 9.40. The summed E-state index contributed by atoms with van der Waals surface area (Å²) in [5.41, 5.74) is 7.12. The predicted molar refractivity (Wildman–Crippen MR) is 102 cm³/mol. The summed E-state index contributed by atoms with van der Waals surface area (Å²) in [6.07, 6.45) is 8.61. The first-order valence-electron chi connectivity index (χ1n) is 8.78. The van der Waals surface area contributed by atoms with Crippen molar-refractivity contribution >= 4 is 8.32 Å². The molecule has 1 saturated carbocycles. The molecule has 3 nitrogen and oxygen atoms in total. The second kappa shape index (κ2) is 10.7. The smallest absolute Gasteiger partial charge is 0.357 e. The molecule has 1 aliphatic rings. The summed E-state index contributed by atoms with van der Waals surface area (Å²) in [5, 5.41) is 0. The number of hydrogen-bond acceptors (Lipinski definition) is 3. The van der Waals surface area contributed by atoms with Crippen LogP contribution in [0.4, 0.5) is 0 Å². The van der Waals surface area contributed by atoms with Crippen molar-refractivity contribution in [1.29, 1.82) is 0 Å². The van der Waals surface area contributed by atoms with Crippen LogP contribution in [0.3, 0.4) is 0 Å². The number of allylic oxidation sites excluding steroid dienone is 1. The first kappa shape index (κ1) is 21.0. The average Bonchev–Trinajstić information content (AvgIpc) is 3.08. The molecule has 0 radical (unpaired) electrons. The Morgan fingerprint density at radius 1 is 1.08 bits per heavy atom. The Morgan fingerprint density at radius 3 is 2.08 bits per heavy atom. The van der Waals surface area contributed by atoms with E-state index in [1.807, 2.05) is 6.08 Å². The number of hydrogen-bond donors (Lipinski definition) is 0. The van der Waals surface area contributed by atoms with Crippen LogP contribution in [0.1, 0.15) is 52.4 Å². The second-order valence-electron chi connectivity index (χ2n) is 6.88. The van der Waals surface area contributed by atoms with Crippen molar-refractivity contribution in [2.24, 2.45) is 0 Å². The van der Waals surface area contributed by atoms with Crippen molar-refractivity contribution in [3.63, 3.8) is 0 Å². The normalized spacial score (nSPS) is 15.3. The van der Waals surface area contributed by atoms with Crippen molar-refractivity contribution in [2.45, 2.75) is 63.5 Å². The Bertz CT molecular complexity index is 474. The molecular weight excluding hydrogens is 316 g/mol. The van der Waals surface area contributed by atoms with Crippen LogP contribution in [0.2, 0.25) is 5.54 Å². The van der Waals surface area contributed by atoms with Gasteiger partial charge in [0.05, 0.1) is 5.60 Å². The maximum Gasteiger partial charge on any atom is 0.357 e. The quantitative estimate of drug-likeness (QED) is 0.377. The molecule has 1 rings (SSSR count). The van der Waals surface area contributed by atoms with Gasteiger partial charge in [0.2, 0.25) is 0 Å². The minimum absolute atomic E-state index is 0.257. The fraction of sp³-hybridized carbons (Fsp3) is 0.700. The Labute approximate surface area is 149 Å². The molecular formula is C20H32O3Si. The lowest BCUT2D eigenvalue weighted by molar-refractivity contribution is 0.0925. The van der Waals surface area contributed by atoms with E-state index in [1.165, 1.54) is 12.8 Å². The average molecular weight is 349 g/mol. The molecule has 0 spiro atoms. The summed E-state index contributed by atoms with van der Waals surface area (Å²) in [4.78, 5) is 0. The molecule has 0 bridgehead atoms. The van der Waals surface area contributed by atoms with Gasteiger partial charge in [-0.15, -0.1) is 6.58 Å². The fourth-order valence-electron chi connectivity index (χ4n) is 3.12. The third kappa shape index (κ3) is 6.83. The van der Waals surface area contributed by atoms with E-state index < -0.39 is 8.32 Å². The van der Waals surface area contributed by atoms with Crippen molar-refractivity contribution in [2.75, 3.05) is 27.4 Å². The van der Waals surface area contributed by atoms with E-state index in [-0.39, 0.29) is 5.60 Å². The van der Waals surface area contributed by atoms with Crippen LogP contribution in [0, 0.1) is 22.9 Å². The summed E-state index contributed by atoms with van der Waals surface area (Å²) < 4.78 is 17.0. The maximum absolute atomic E-state index is 6.74. The number of rotatable bonds is 8. The molecule has 0 aromatic carbocycles. The van der Waals surface area contributed by atoms with E-state index in [0.29, 0.717) is 18.8 Å². The minimum atomic E-state index is -2.54. The molecule has 1 aliphatic carbocycles. The van der Waals surface area contributed by atoms with Gasteiger partial charge in [0.15, 0.2) is 0 Å². The molecule has 4 heteroatoms. The van der Waals surface area contributed by atoms with Gasteiger partial charge in [-0.05, 0) is 39.5 Å². The van der Waals surface area contributed by atoms with Crippen molar-refractivity contribution in [3.05, 3.63) is 12.7 Å². The largest absolute Gasteiger partial charge is 0.391 e. The zero-order chi connectivity index (χ0) is 17.9. The molecule has 134 valence electrons. The van der Waals surface area contributed by atoms with E-state index in [2.05, 4.69) is 43.4 Å². The third-order valence-electron chi connectivity index (χ3n) is 4.30. The van der Waals surface area contributed by atoms with Gasteiger partial charge in [-0.1, -0.05) is 41.8 Å². The summed E-state index contributed by atoms with van der Waals surface area (Å²) in [5.74, 6) is 6.32. The second-order valence-corrected chi connectivity index (χ2v) is 9.87. The molecule has 0 heterocycles. The maximum atomic E-state index is 6.74. The van der Waals surface area contributed by atoms with Gasteiger partial charge in [-0.2, -0.15) is 0 Å². The summed E-state index contributed by atoms with van der Waals surface area (Å²) >= 11 is 0. The van der Waals surface area contributed by atoms with Gasteiger partial charge in [-0.3, -0.25) is 0 Å². The predicted octanol–water partition coefficient (Wildman–Crippen LogP) is 4.02. The molecule has 0 amide bonds. The lowest BCUT2D eigenvalue weighted by atomic mass is 10.0. The van der Waals surface area contributed by atoms with E-state index >= 15 is 0 Å². The van der Waals surface area contributed by atoms with Crippen LogP contribution in [-0.4, -0.2) is 41.4 Å². The summed E-state index contributed by atoms with van der Waals surface area (Å²) in [6.45, 7) is 8.95. The molecule has 0 N–H and O–H groups in total. The topological polar surface area (TPSA) is 27.7 Å². The molecule has 0 atom stereocenters. The SMILES string of the molecule is C=CCCC(C)(C)O[Si](C#CCOC)(C#CCOC)C1CCCC1. The van der Waals surface area contributed by atoms with Crippen LogP contribution in [-0.2, 0) is 13.9 Å². The van der Waals surface area contributed by atoms with Gasteiger partial charge < -0.3 is 13.9 Å². The number of methoxy groups -OCH3 is 2. The summed E-state index contributed by atoms with van der Waals surface area (Å²) in [7, 11) is 0.792. The molecule has 1 fully saturated rings. The molecule has 24 heavy (non-hydrogen) atoms. The van der Waals surface area contributed by atoms with Crippen molar-refractivity contribution in [1.82, 2.24) is 0 Å². The zero-order valence-corrected chi connectivity index (χ0v) is 16.7. The van der Waals surface area contributed by atoms with Gasteiger partial charge in [0.25, 0.3) is 0 Å². The first-order valence-corrected chi connectivity index (χ1v) is 10.8. The summed E-state index contributed by atoms with van der Waals surface area (Å²) in [6, 6.07) is 0.